The maximum absolute atomic E-state index is 11.5. The largest absolute Gasteiger partial charge is 0.345 e. The lowest BCUT2D eigenvalue weighted by Crippen LogP contribution is -2.28. The Labute approximate surface area is 112 Å². The number of aryl methyl sites for hydroxylation is 1. The topological polar surface area (TPSA) is 82.6 Å². The normalized spacial score (nSPS) is 10.3. The Morgan fingerprint density at radius 2 is 2.00 bits per heavy atom. The van der Waals surface area contributed by atoms with Crippen LogP contribution < -0.4 is 16.0 Å². The number of hydrogen-bond donors (Lipinski definition) is 3. The van der Waals surface area contributed by atoms with E-state index in [2.05, 4.69) is 20.9 Å². The van der Waals surface area contributed by atoms with Gasteiger partial charge in [-0.05, 0) is 38.5 Å². The standard InChI is InChI=1S/C13H18N4O2/c1-4-14-12(18)16-10-7-6-9(3)8-11(10)17-13(19)15-5-2/h5-8H,4H2,1-3H3,(H,17,19)(H2,14,16,18). The molecule has 0 aromatic heterocycles. The van der Waals surface area contributed by atoms with Gasteiger partial charge >= 0.3 is 12.1 Å². The minimum Gasteiger partial charge on any atom is -0.338 e. The van der Waals surface area contributed by atoms with Crippen LogP contribution in [0.2, 0.25) is 0 Å². The molecular weight excluding hydrogens is 244 g/mol. The Balaban J connectivity index is 2.91. The van der Waals surface area contributed by atoms with Crippen LogP contribution in [0, 0.1) is 6.92 Å². The number of nitrogens with one attached hydrogen (secondary N) is 3. The van der Waals surface area contributed by atoms with Crippen molar-refractivity contribution < 1.29 is 9.59 Å². The number of hydrogen-bond acceptors (Lipinski definition) is 2. The van der Waals surface area contributed by atoms with Crippen LogP contribution >= 0.6 is 0 Å². The summed E-state index contributed by atoms with van der Waals surface area (Å²) in [5.41, 5.74) is 2.01. The molecule has 1 aromatic rings. The minimum atomic E-state index is -0.480. The van der Waals surface area contributed by atoms with E-state index in [1.54, 1.807) is 19.1 Å². The highest BCUT2D eigenvalue weighted by atomic mass is 16.2. The second-order valence-corrected chi connectivity index (χ2v) is 3.85. The zero-order valence-electron chi connectivity index (χ0n) is 11.3. The highest BCUT2D eigenvalue weighted by Crippen LogP contribution is 2.23. The molecule has 1 aromatic carbocycles. The predicted octanol–water partition coefficient (Wildman–Crippen LogP) is 2.76. The van der Waals surface area contributed by atoms with Crippen molar-refractivity contribution in [1.82, 2.24) is 5.32 Å². The summed E-state index contributed by atoms with van der Waals surface area (Å²) >= 11 is 0. The first kappa shape index (κ1) is 14.7. The van der Waals surface area contributed by atoms with Gasteiger partial charge in [0.25, 0.3) is 0 Å². The molecule has 0 bridgehead atoms. The second kappa shape index (κ2) is 7.15. The smallest absolute Gasteiger partial charge is 0.338 e. The molecule has 0 aliphatic carbocycles. The second-order valence-electron chi connectivity index (χ2n) is 3.85. The summed E-state index contributed by atoms with van der Waals surface area (Å²) in [6, 6.07) is 4.55. The van der Waals surface area contributed by atoms with Crippen molar-refractivity contribution in [2.24, 2.45) is 4.99 Å². The third-order valence-electron chi connectivity index (χ3n) is 2.25. The van der Waals surface area contributed by atoms with Crippen molar-refractivity contribution in [3.05, 3.63) is 23.8 Å². The van der Waals surface area contributed by atoms with Crippen LogP contribution in [0.5, 0.6) is 0 Å². The Kier molecular flexibility index (Phi) is 5.53. The SMILES string of the molecule is CC=NC(=O)Nc1cc(C)ccc1NC(=O)NCC. The van der Waals surface area contributed by atoms with Gasteiger partial charge in [0.1, 0.15) is 0 Å². The van der Waals surface area contributed by atoms with E-state index in [0.29, 0.717) is 17.9 Å². The van der Waals surface area contributed by atoms with Crippen LogP contribution in [0.1, 0.15) is 19.4 Å². The quantitative estimate of drug-likeness (QED) is 0.732. The molecule has 0 unspecified atom stereocenters. The van der Waals surface area contributed by atoms with Gasteiger partial charge in [-0.2, -0.15) is 0 Å². The number of anilines is 2. The van der Waals surface area contributed by atoms with E-state index in [0.717, 1.165) is 5.56 Å². The summed E-state index contributed by atoms with van der Waals surface area (Å²) in [5, 5.41) is 7.91. The van der Waals surface area contributed by atoms with E-state index in [1.807, 2.05) is 19.9 Å². The van der Waals surface area contributed by atoms with Gasteiger partial charge < -0.3 is 16.0 Å². The molecule has 6 nitrogen and oxygen atoms in total. The number of carbonyl (C=O) groups is 2. The zero-order chi connectivity index (χ0) is 14.3. The Bertz CT molecular complexity index is 497. The van der Waals surface area contributed by atoms with Gasteiger partial charge in [-0.15, -0.1) is 0 Å². The van der Waals surface area contributed by atoms with Gasteiger partial charge in [-0.25, -0.2) is 14.6 Å². The van der Waals surface area contributed by atoms with Crippen molar-refractivity contribution in [3.63, 3.8) is 0 Å². The molecule has 0 aliphatic heterocycles. The van der Waals surface area contributed by atoms with Gasteiger partial charge in [0.05, 0.1) is 11.4 Å². The third-order valence-corrected chi connectivity index (χ3v) is 2.25. The Morgan fingerprint density at radius 1 is 1.26 bits per heavy atom. The van der Waals surface area contributed by atoms with Gasteiger partial charge in [0.2, 0.25) is 0 Å². The number of carbonyl (C=O) groups excluding carboxylic acids is 2. The highest BCUT2D eigenvalue weighted by Gasteiger charge is 2.08. The molecule has 0 spiro atoms. The first-order chi connectivity index (χ1) is 9.06. The summed E-state index contributed by atoms with van der Waals surface area (Å²) in [4.78, 5) is 26.5. The maximum atomic E-state index is 11.5. The fourth-order valence-corrected chi connectivity index (χ4v) is 1.46. The predicted molar refractivity (Wildman–Crippen MR) is 77.1 cm³/mol. The zero-order valence-corrected chi connectivity index (χ0v) is 11.3. The molecule has 0 fully saturated rings. The van der Waals surface area contributed by atoms with Gasteiger partial charge in [0.15, 0.2) is 0 Å². The van der Waals surface area contributed by atoms with Crippen molar-refractivity contribution in [3.8, 4) is 0 Å². The van der Waals surface area contributed by atoms with Crippen molar-refractivity contribution in [1.29, 1.82) is 0 Å². The maximum Gasteiger partial charge on any atom is 0.345 e. The average Bonchev–Trinajstić information content (AvgIpc) is 2.33. The highest BCUT2D eigenvalue weighted by molar-refractivity contribution is 6.00. The van der Waals surface area contributed by atoms with Crippen LogP contribution in [0.15, 0.2) is 23.2 Å². The molecule has 0 atom stereocenters. The van der Waals surface area contributed by atoms with Crippen LogP contribution in [-0.4, -0.2) is 24.8 Å². The van der Waals surface area contributed by atoms with Crippen LogP contribution in [0.3, 0.4) is 0 Å². The summed E-state index contributed by atoms with van der Waals surface area (Å²) in [6.07, 6.45) is 1.40. The lowest BCUT2D eigenvalue weighted by atomic mass is 10.2. The molecule has 0 heterocycles. The monoisotopic (exact) mass is 262 g/mol. The summed E-state index contributed by atoms with van der Waals surface area (Å²) in [6.45, 7) is 5.91. The molecule has 0 aliphatic rings. The van der Waals surface area contributed by atoms with E-state index in [9.17, 15) is 9.59 Å². The summed E-state index contributed by atoms with van der Waals surface area (Å²) < 4.78 is 0. The summed E-state index contributed by atoms with van der Waals surface area (Å²) in [7, 11) is 0. The van der Waals surface area contributed by atoms with Gasteiger partial charge in [-0.3, -0.25) is 0 Å². The lowest BCUT2D eigenvalue weighted by Gasteiger charge is -2.12. The molecular formula is C13H18N4O2. The third kappa shape index (κ3) is 4.79. The Hall–Kier alpha value is -2.37. The average molecular weight is 262 g/mol. The van der Waals surface area contributed by atoms with Gasteiger partial charge in [-0.1, -0.05) is 6.07 Å². The lowest BCUT2D eigenvalue weighted by molar-refractivity contribution is 0.252. The fourth-order valence-electron chi connectivity index (χ4n) is 1.46. The molecule has 0 saturated heterocycles. The van der Waals surface area contributed by atoms with Crippen LogP contribution in [0.25, 0.3) is 0 Å². The van der Waals surface area contributed by atoms with E-state index < -0.39 is 6.03 Å². The van der Waals surface area contributed by atoms with Crippen LogP contribution in [-0.2, 0) is 0 Å². The first-order valence-electron chi connectivity index (χ1n) is 6.02. The van der Waals surface area contributed by atoms with Gasteiger partial charge in [0, 0.05) is 12.8 Å². The number of amides is 4. The van der Waals surface area contributed by atoms with Crippen molar-refractivity contribution in [2.45, 2.75) is 20.8 Å². The molecule has 3 N–H and O–H groups in total. The number of urea groups is 2. The fraction of sp³-hybridized carbons (Fsp3) is 0.308. The molecule has 102 valence electrons. The molecule has 4 amide bonds. The molecule has 19 heavy (non-hydrogen) atoms. The van der Waals surface area contributed by atoms with Crippen molar-refractivity contribution >= 4 is 29.7 Å². The number of aliphatic imine (C=N–C) groups is 1. The van der Waals surface area contributed by atoms with E-state index in [1.165, 1.54) is 6.21 Å². The van der Waals surface area contributed by atoms with E-state index >= 15 is 0 Å². The molecule has 0 radical (unpaired) electrons. The van der Waals surface area contributed by atoms with Crippen molar-refractivity contribution in [2.75, 3.05) is 17.2 Å². The molecule has 0 saturated carbocycles. The van der Waals surface area contributed by atoms with E-state index in [-0.39, 0.29) is 6.03 Å². The van der Waals surface area contributed by atoms with E-state index in [4.69, 9.17) is 0 Å². The number of nitrogens with zero attached hydrogens (tertiary/aromatic N) is 1. The van der Waals surface area contributed by atoms with Crippen LogP contribution in [0.4, 0.5) is 21.0 Å². The number of rotatable bonds is 3. The molecule has 1 rings (SSSR count). The first-order valence-corrected chi connectivity index (χ1v) is 6.02. The summed E-state index contributed by atoms with van der Waals surface area (Å²) in [5.74, 6) is 0. The molecule has 6 heteroatoms. The Morgan fingerprint density at radius 3 is 2.63 bits per heavy atom. The minimum absolute atomic E-state index is 0.319. The number of benzene rings is 1.